The third-order valence-electron chi connectivity index (χ3n) is 3.93. The Labute approximate surface area is 134 Å². The van der Waals surface area contributed by atoms with Crippen LogP contribution in [-0.2, 0) is 17.9 Å². The topological polar surface area (TPSA) is 38.1 Å². The van der Waals surface area contributed by atoms with Crippen LogP contribution in [0, 0.1) is 12.7 Å². The summed E-state index contributed by atoms with van der Waals surface area (Å²) in [5, 5.41) is 0. The number of nitrogens with zero attached hydrogens (tertiary/aromatic N) is 3. The summed E-state index contributed by atoms with van der Waals surface area (Å²) in [5.74, 6) is 0.412. The second kappa shape index (κ2) is 6.20. The molecule has 0 saturated carbocycles. The largest absolute Gasteiger partial charge is 0.340 e. The van der Waals surface area contributed by atoms with E-state index in [1.807, 2.05) is 35.8 Å². The van der Waals surface area contributed by atoms with Gasteiger partial charge >= 0.3 is 0 Å². The molecule has 3 aromatic rings. The van der Waals surface area contributed by atoms with Crippen molar-refractivity contribution in [1.29, 1.82) is 0 Å². The predicted octanol–water partition coefficient (Wildman–Crippen LogP) is 3.14. The van der Waals surface area contributed by atoms with Crippen LogP contribution in [0.1, 0.15) is 11.4 Å². The molecular weight excluding hydrogens is 293 g/mol. The lowest BCUT2D eigenvalue weighted by Crippen LogP contribution is -2.30. The molecule has 0 aliphatic heterocycles. The summed E-state index contributed by atoms with van der Waals surface area (Å²) in [4.78, 5) is 18.5. The van der Waals surface area contributed by atoms with Crippen LogP contribution in [0.15, 0.2) is 48.5 Å². The number of fused-ring (bicyclic) bond motifs is 1. The van der Waals surface area contributed by atoms with Crippen LogP contribution in [-0.4, -0.2) is 27.4 Å². The highest BCUT2D eigenvalue weighted by molar-refractivity contribution is 5.81. The van der Waals surface area contributed by atoms with Crippen molar-refractivity contribution in [2.75, 3.05) is 7.05 Å². The normalized spacial score (nSPS) is 10.9. The highest BCUT2D eigenvalue weighted by Gasteiger charge is 2.15. The fourth-order valence-electron chi connectivity index (χ4n) is 2.62. The van der Waals surface area contributed by atoms with Crippen molar-refractivity contribution < 1.29 is 9.18 Å². The molecule has 0 spiro atoms. The lowest BCUT2D eigenvalue weighted by Gasteiger charge is -2.18. The number of carbonyl (C=O) groups excluding carboxylic acids is 1. The van der Waals surface area contributed by atoms with Gasteiger partial charge in [-0.15, -0.1) is 0 Å². The van der Waals surface area contributed by atoms with Gasteiger partial charge < -0.3 is 9.47 Å². The van der Waals surface area contributed by atoms with E-state index in [1.54, 1.807) is 25.2 Å². The summed E-state index contributed by atoms with van der Waals surface area (Å²) >= 11 is 0. The molecule has 0 aliphatic rings. The zero-order chi connectivity index (χ0) is 16.4. The van der Waals surface area contributed by atoms with Crippen LogP contribution >= 0.6 is 0 Å². The molecule has 0 atom stereocenters. The first-order chi connectivity index (χ1) is 11.1. The number of imidazole rings is 1. The van der Waals surface area contributed by atoms with Gasteiger partial charge in [-0.1, -0.05) is 30.3 Å². The first kappa shape index (κ1) is 15.2. The summed E-state index contributed by atoms with van der Waals surface area (Å²) in [7, 11) is 1.68. The molecule has 1 heterocycles. The molecule has 0 aliphatic carbocycles. The molecule has 0 bridgehead atoms. The van der Waals surface area contributed by atoms with E-state index in [0.29, 0.717) is 5.56 Å². The monoisotopic (exact) mass is 311 g/mol. The number of likely N-dealkylation sites (N-methyl/N-ethyl adjacent to an activating group) is 1. The third-order valence-corrected chi connectivity index (χ3v) is 3.93. The molecule has 1 aromatic heterocycles. The zero-order valence-corrected chi connectivity index (χ0v) is 13.2. The van der Waals surface area contributed by atoms with E-state index in [4.69, 9.17) is 0 Å². The smallest absolute Gasteiger partial charge is 0.242 e. The summed E-state index contributed by atoms with van der Waals surface area (Å²) in [6.45, 7) is 2.32. The van der Waals surface area contributed by atoms with Crippen LogP contribution < -0.4 is 0 Å². The van der Waals surface area contributed by atoms with Crippen molar-refractivity contribution in [3.8, 4) is 0 Å². The number of hydrogen-bond donors (Lipinski definition) is 0. The van der Waals surface area contributed by atoms with Crippen molar-refractivity contribution in [1.82, 2.24) is 14.5 Å². The molecule has 23 heavy (non-hydrogen) atoms. The highest BCUT2D eigenvalue weighted by atomic mass is 19.1. The Hall–Kier alpha value is -2.69. The number of benzene rings is 2. The summed E-state index contributed by atoms with van der Waals surface area (Å²) in [6.07, 6.45) is 0. The second-order valence-corrected chi connectivity index (χ2v) is 5.58. The minimum atomic E-state index is -0.295. The number of carbonyl (C=O) groups is 1. The van der Waals surface area contributed by atoms with Gasteiger partial charge in [-0.05, 0) is 25.1 Å². The Morgan fingerprint density at radius 1 is 1.17 bits per heavy atom. The summed E-state index contributed by atoms with van der Waals surface area (Å²) in [5.41, 5.74) is 2.31. The summed E-state index contributed by atoms with van der Waals surface area (Å²) < 4.78 is 15.6. The quantitative estimate of drug-likeness (QED) is 0.742. The van der Waals surface area contributed by atoms with Crippen LogP contribution in [0.2, 0.25) is 0 Å². The number of para-hydroxylation sites is 2. The van der Waals surface area contributed by atoms with Crippen LogP contribution in [0.5, 0.6) is 0 Å². The minimum absolute atomic E-state index is 0.0838. The molecule has 5 heteroatoms. The van der Waals surface area contributed by atoms with Crippen molar-refractivity contribution in [3.05, 3.63) is 65.7 Å². The second-order valence-electron chi connectivity index (χ2n) is 5.58. The zero-order valence-electron chi connectivity index (χ0n) is 13.2. The maximum absolute atomic E-state index is 13.7. The Balaban J connectivity index is 1.78. The molecule has 3 rings (SSSR count). The lowest BCUT2D eigenvalue weighted by molar-refractivity contribution is -0.131. The van der Waals surface area contributed by atoms with Gasteiger partial charge in [0.05, 0.1) is 11.0 Å². The van der Waals surface area contributed by atoms with Gasteiger partial charge in [0.1, 0.15) is 18.2 Å². The Morgan fingerprint density at radius 2 is 1.87 bits per heavy atom. The first-order valence-corrected chi connectivity index (χ1v) is 7.45. The van der Waals surface area contributed by atoms with E-state index in [2.05, 4.69) is 4.98 Å². The number of aryl methyl sites for hydroxylation is 1. The maximum Gasteiger partial charge on any atom is 0.242 e. The number of hydrogen-bond acceptors (Lipinski definition) is 2. The van der Waals surface area contributed by atoms with E-state index in [9.17, 15) is 9.18 Å². The Morgan fingerprint density at radius 3 is 2.65 bits per heavy atom. The van der Waals surface area contributed by atoms with Gasteiger partial charge in [0, 0.05) is 19.2 Å². The average Bonchev–Trinajstić information content (AvgIpc) is 2.85. The molecule has 0 unspecified atom stereocenters. The molecule has 1 amide bonds. The number of aromatic nitrogens is 2. The summed E-state index contributed by atoms with van der Waals surface area (Å²) in [6, 6.07) is 14.2. The van der Waals surface area contributed by atoms with Crippen molar-refractivity contribution in [2.24, 2.45) is 0 Å². The van der Waals surface area contributed by atoms with Crippen molar-refractivity contribution in [2.45, 2.75) is 20.0 Å². The maximum atomic E-state index is 13.7. The lowest BCUT2D eigenvalue weighted by atomic mass is 10.2. The van der Waals surface area contributed by atoms with Gasteiger partial charge in [-0.3, -0.25) is 4.79 Å². The van der Waals surface area contributed by atoms with E-state index in [0.717, 1.165) is 16.9 Å². The number of halogens is 1. The third kappa shape index (κ3) is 3.08. The molecule has 0 radical (unpaired) electrons. The first-order valence-electron chi connectivity index (χ1n) is 7.45. The highest BCUT2D eigenvalue weighted by Crippen LogP contribution is 2.16. The molecule has 2 aromatic carbocycles. The van der Waals surface area contributed by atoms with E-state index >= 15 is 0 Å². The van der Waals surface area contributed by atoms with Gasteiger partial charge in [0.15, 0.2) is 0 Å². The van der Waals surface area contributed by atoms with E-state index in [-0.39, 0.29) is 24.8 Å². The molecule has 4 nitrogen and oxygen atoms in total. The fourth-order valence-corrected chi connectivity index (χ4v) is 2.62. The van der Waals surface area contributed by atoms with Gasteiger partial charge in [-0.2, -0.15) is 0 Å². The SMILES string of the molecule is Cc1nc2ccccc2n1CC(=O)N(C)Cc1ccccc1F. The van der Waals surface area contributed by atoms with E-state index < -0.39 is 0 Å². The predicted molar refractivity (Wildman–Crippen MR) is 87.3 cm³/mol. The molecule has 0 saturated heterocycles. The molecule has 118 valence electrons. The van der Waals surface area contributed by atoms with Crippen LogP contribution in [0.25, 0.3) is 11.0 Å². The fraction of sp³-hybridized carbons (Fsp3) is 0.222. The van der Waals surface area contributed by atoms with Gasteiger partial charge in [-0.25, -0.2) is 9.37 Å². The number of rotatable bonds is 4. The van der Waals surface area contributed by atoms with Crippen LogP contribution in [0.4, 0.5) is 4.39 Å². The van der Waals surface area contributed by atoms with Gasteiger partial charge in [0.25, 0.3) is 0 Å². The van der Waals surface area contributed by atoms with Crippen LogP contribution in [0.3, 0.4) is 0 Å². The van der Waals surface area contributed by atoms with Crippen molar-refractivity contribution >= 4 is 16.9 Å². The van der Waals surface area contributed by atoms with Gasteiger partial charge in [0.2, 0.25) is 5.91 Å². The van der Waals surface area contributed by atoms with E-state index in [1.165, 1.54) is 11.0 Å². The average molecular weight is 311 g/mol. The molecule has 0 N–H and O–H groups in total. The Bertz CT molecular complexity index is 856. The minimum Gasteiger partial charge on any atom is -0.340 e. The number of amides is 1. The standard InChI is InChI=1S/C18H18FN3O/c1-13-20-16-9-5-6-10-17(16)22(13)12-18(23)21(2)11-14-7-3-4-8-15(14)19/h3-10H,11-12H2,1-2H3. The molecular formula is C18H18FN3O. The molecule has 0 fully saturated rings. The van der Waals surface area contributed by atoms with Crippen molar-refractivity contribution in [3.63, 3.8) is 0 Å². The Kier molecular flexibility index (Phi) is 4.10.